The molecule has 1 aliphatic rings. The molecule has 0 spiro atoms. The Labute approximate surface area is 61.1 Å². The molecule has 0 aromatic heterocycles. The third kappa shape index (κ3) is 1.69. The second kappa shape index (κ2) is 3.54. The first-order chi connectivity index (χ1) is 4.86. The Hall–Kier alpha value is -0.600. The molecule has 0 aliphatic carbocycles. The van der Waals surface area contributed by atoms with Crippen LogP contribution in [0.4, 0.5) is 0 Å². The number of ether oxygens (including phenoxy) is 2. The predicted molar refractivity (Wildman–Crippen MR) is 39.6 cm³/mol. The van der Waals surface area contributed by atoms with Crippen molar-refractivity contribution in [1.29, 1.82) is 0 Å². The largest absolute Gasteiger partial charge is 0.348 e. The first kappa shape index (κ1) is 7.51. The fourth-order valence-electron chi connectivity index (χ4n) is 0.908. The van der Waals surface area contributed by atoms with E-state index in [0.717, 1.165) is 6.42 Å². The third-order valence-corrected chi connectivity index (χ3v) is 1.55. The highest BCUT2D eigenvalue weighted by Crippen LogP contribution is 2.13. The molecule has 2 nitrogen and oxygen atoms in total. The summed E-state index contributed by atoms with van der Waals surface area (Å²) in [5.74, 6) is 0. The van der Waals surface area contributed by atoms with Crippen molar-refractivity contribution in [2.75, 3.05) is 6.79 Å². The normalized spacial score (nSPS) is 33.2. The molecular formula is C8H12O2. The van der Waals surface area contributed by atoms with Crippen LogP contribution in [-0.4, -0.2) is 19.0 Å². The molecule has 2 atom stereocenters. The molecule has 1 rings (SSSR count). The second-order valence-electron chi connectivity index (χ2n) is 2.24. The van der Waals surface area contributed by atoms with Gasteiger partial charge in [-0.2, -0.15) is 0 Å². The Kier molecular flexibility index (Phi) is 2.66. The van der Waals surface area contributed by atoms with E-state index in [-0.39, 0.29) is 12.2 Å². The Morgan fingerprint density at radius 3 is 2.00 bits per heavy atom. The minimum atomic E-state index is 0.136. The number of hydrogen-bond donors (Lipinski definition) is 0. The van der Waals surface area contributed by atoms with Crippen LogP contribution in [0.15, 0.2) is 25.3 Å². The van der Waals surface area contributed by atoms with Crippen molar-refractivity contribution in [3.63, 3.8) is 0 Å². The monoisotopic (exact) mass is 140 g/mol. The van der Waals surface area contributed by atoms with Gasteiger partial charge in [-0.05, 0) is 0 Å². The van der Waals surface area contributed by atoms with Crippen LogP contribution < -0.4 is 0 Å². The average molecular weight is 140 g/mol. The summed E-state index contributed by atoms with van der Waals surface area (Å²) in [6.45, 7) is 7.63. The predicted octanol–water partition coefficient (Wildman–Crippen LogP) is 1.49. The quantitative estimate of drug-likeness (QED) is 0.541. The van der Waals surface area contributed by atoms with Gasteiger partial charge in [0.05, 0.1) is 12.2 Å². The molecule has 2 unspecified atom stereocenters. The van der Waals surface area contributed by atoms with Crippen LogP contribution in [0.2, 0.25) is 0 Å². The van der Waals surface area contributed by atoms with Gasteiger partial charge in [0, 0.05) is 6.42 Å². The molecule has 2 heteroatoms. The van der Waals surface area contributed by atoms with E-state index in [1.165, 1.54) is 0 Å². The molecule has 0 aromatic rings. The minimum Gasteiger partial charge on any atom is -0.348 e. The highest BCUT2D eigenvalue weighted by Gasteiger charge is 2.17. The van der Waals surface area contributed by atoms with Crippen LogP contribution in [0, 0.1) is 0 Å². The van der Waals surface area contributed by atoms with Crippen LogP contribution in [0.3, 0.4) is 0 Å². The summed E-state index contributed by atoms with van der Waals surface area (Å²) in [5.41, 5.74) is 0. The highest BCUT2D eigenvalue weighted by atomic mass is 16.7. The summed E-state index contributed by atoms with van der Waals surface area (Å²) >= 11 is 0. The molecule has 0 N–H and O–H groups in total. The topological polar surface area (TPSA) is 18.5 Å². The lowest BCUT2D eigenvalue weighted by Crippen LogP contribution is -2.28. The third-order valence-electron chi connectivity index (χ3n) is 1.55. The first-order valence-corrected chi connectivity index (χ1v) is 3.35. The van der Waals surface area contributed by atoms with Crippen molar-refractivity contribution in [2.24, 2.45) is 0 Å². The maximum atomic E-state index is 5.17. The van der Waals surface area contributed by atoms with E-state index in [1.807, 2.05) is 0 Å². The Balaban J connectivity index is 2.38. The van der Waals surface area contributed by atoms with Crippen LogP contribution >= 0.6 is 0 Å². The van der Waals surface area contributed by atoms with Crippen molar-refractivity contribution < 1.29 is 9.47 Å². The van der Waals surface area contributed by atoms with Crippen molar-refractivity contribution in [3.8, 4) is 0 Å². The molecule has 0 radical (unpaired) electrons. The zero-order chi connectivity index (χ0) is 7.40. The molecule has 1 saturated heterocycles. The van der Waals surface area contributed by atoms with Gasteiger partial charge in [0.1, 0.15) is 6.79 Å². The van der Waals surface area contributed by atoms with Crippen LogP contribution in [0.25, 0.3) is 0 Å². The Morgan fingerprint density at radius 2 is 1.60 bits per heavy atom. The molecule has 0 bridgehead atoms. The Bertz CT molecular complexity index is 117. The van der Waals surface area contributed by atoms with E-state index in [2.05, 4.69) is 13.2 Å². The van der Waals surface area contributed by atoms with E-state index in [0.29, 0.717) is 6.79 Å². The van der Waals surface area contributed by atoms with Crippen LogP contribution in [-0.2, 0) is 9.47 Å². The number of hydrogen-bond acceptors (Lipinski definition) is 2. The SMILES string of the molecule is C=CC1CC(C=C)OCO1. The number of rotatable bonds is 2. The van der Waals surface area contributed by atoms with Crippen molar-refractivity contribution in [3.05, 3.63) is 25.3 Å². The van der Waals surface area contributed by atoms with Gasteiger partial charge >= 0.3 is 0 Å². The first-order valence-electron chi connectivity index (χ1n) is 3.35. The van der Waals surface area contributed by atoms with E-state index < -0.39 is 0 Å². The lowest BCUT2D eigenvalue weighted by molar-refractivity contribution is -0.147. The second-order valence-corrected chi connectivity index (χ2v) is 2.24. The molecule has 0 aromatic carbocycles. The Morgan fingerprint density at radius 1 is 1.10 bits per heavy atom. The molecule has 1 heterocycles. The fourth-order valence-corrected chi connectivity index (χ4v) is 0.908. The zero-order valence-corrected chi connectivity index (χ0v) is 5.95. The van der Waals surface area contributed by atoms with E-state index in [4.69, 9.17) is 9.47 Å². The molecule has 10 heavy (non-hydrogen) atoms. The average Bonchev–Trinajstić information content (AvgIpc) is 2.05. The molecule has 0 amide bonds. The maximum Gasteiger partial charge on any atom is 0.148 e. The van der Waals surface area contributed by atoms with Gasteiger partial charge in [0.15, 0.2) is 0 Å². The summed E-state index contributed by atoms with van der Waals surface area (Å²) in [4.78, 5) is 0. The summed E-state index contributed by atoms with van der Waals surface area (Å²) in [6.07, 6.45) is 4.69. The lowest BCUT2D eigenvalue weighted by atomic mass is 10.1. The summed E-state index contributed by atoms with van der Waals surface area (Å²) in [7, 11) is 0. The molecule has 0 saturated carbocycles. The van der Waals surface area contributed by atoms with Gasteiger partial charge < -0.3 is 9.47 Å². The summed E-state index contributed by atoms with van der Waals surface area (Å²) in [6, 6.07) is 0. The van der Waals surface area contributed by atoms with Crippen LogP contribution in [0.1, 0.15) is 6.42 Å². The lowest BCUT2D eigenvalue weighted by Gasteiger charge is -2.25. The smallest absolute Gasteiger partial charge is 0.148 e. The fraction of sp³-hybridized carbons (Fsp3) is 0.500. The van der Waals surface area contributed by atoms with Gasteiger partial charge in [-0.15, -0.1) is 13.2 Å². The molecule has 1 aliphatic heterocycles. The summed E-state index contributed by atoms with van der Waals surface area (Å²) in [5, 5.41) is 0. The van der Waals surface area contributed by atoms with E-state index in [1.54, 1.807) is 12.2 Å². The summed E-state index contributed by atoms with van der Waals surface area (Å²) < 4.78 is 10.3. The van der Waals surface area contributed by atoms with Gasteiger partial charge in [-0.25, -0.2) is 0 Å². The molecule has 56 valence electrons. The van der Waals surface area contributed by atoms with Crippen LogP contribution in [0.5, 0.6) is 0 Å². The van der Waals surface area contributed by atoms with Gasteiger partial charge in [0.2, 0.25) is 0 Å². The molecule has 1 fully saturated rings. The van der Waals surface area contributed by atoms with E-state index in [9.17, 15) is 0 Å². The highest BCUT2D eigenvalue weighted by molar-refractivity contribution is 4.90. The molecular weight excluding hydrogens is 128 g/mol. The van der Waals surface area contributed by atoms with Gasteiger partial charge in [-0.1, -0.05) is 12.2 Å². The van der Waals surface area contributed by atoms with Crippen molar-refractivity contribution in [1.82, 2.24) is 0 Å². The van der Waals surface area contributed by atoms with Crippen molar-refractivity contribution in [2.45, 2.75) is 18.6 Å². The standard InChI is InChI=1S/C8H12O2/c1-3-7-5-8(4-2)10-6-9-7/h3-4,7-8H,1-2,5-6H2. The minimum absolute atomic E-state index is 0.136. The van der Waals surface area contributed by atoms with E-state index >= 15 is 0 Å². The van der Waals surface area contributed by atoms with Gasteiger partial charge in [-0.3, -0.25) is 0 Å². The maximum absolute atomic E-state index is 5.17. The van der Waals surface area contributed by atoms with Crippen molar-refractivity contribution >= 4 is 0 Å². The van der Waals surface area contributed by atoms with Gasteiger partial charge in [0.25, 0.3) is 0 Å². The zero-order valence-electron chi connectivity index (χ0n) is 5.95.